The molecular weight excluding hydrogens is 288 g/mol. The second kappa shape index (κ2) is 5.63. The molecule has 1 atom stereocenters. The predicted molar refractivity (Wildman–Crippen MR) is 78.5 cm³/mol. The molecule has 0 aliphatic rings. The first-order valence-corrected chi connectivity index (χ1v) is 6.78. The minimum absolute atomic E-state index is 0.0493. The van der Waals surface area contributed by atoms with Crippen LogP contribution in [0.2, 0.25) is 0 Å². The molecular formula is C15H17BrN2. The molecule has 94 valence electrons. The molecule has 2 N–H and O–H groups in total. The van der Waals surface area contributed by atoms with Crippen LogP contribution in [0, 0.1) is 13.8 Å². The van der Waals surface area contributed by atoms with Crippen LogP contribution in [0.1, 0.15) is 28.4 Å². The third-order valence-electron chi connectivity index (χ3n) is 2.98. The lowest BCUT2D eigenvalue weighted by Gasteiger charge is -2.14. The minimum Gasteiger partial charge on any atom is -0.322 e. The molecule has 1 heterocycles. The number of aryl methyl sites for hydroxylation is 2. The SMILES string of the molecule is Cc1cnc(C(N)Cc2ccc(Br)cc2)c(C)c1. The number of rotatable bonds is 3. The molecule has 2 nitrogen and oxygen atoms in total. The van der Waals surface area contributed by atoms with Gasteiger partial charge in [-0.05, 0) is 49.1 Å². The highest BCUT2D eigenvalue weighted by Gasteiger charge is 2.11. The van der Waals surface area contributed by atoms with Gasteiger partial charge in [-0.3, -0.25) is 4.98 Å². The zero-order valence-corrected chi connectivity index (χ0v) is 12.2. The van der Waals surface area contributed by atoms with Crippen molar-refractivity contribution in [2.24, 2.45) is 5.73 Å². The highest BCUT2D eigenvalue weighted by molar-refractivity contribution is 9.10. The lowest BCUT2D eigenvalue weighted by atomic mass is 10.0. The monoisotopic (exact) mass is 304 g/mol. The van der Waals surface area contributed by atoms with E-state index < -0.39 is 0 Å². The van der Waals surface area contributed by atoms with Crippen LogP contribution in [0.4, 0.5) is 0 Å². The molecule has 0 bridgehead atoms. The van der Waals surface area contributed by atoms with Gasteiger partial charge in [-0.2, -0.15) is 0 Å². The third kappa shape index (κ3) is 3.18. The van der Waals surface area contributed by atoms with Gasteiger partial charge in [-0.25, -0.2) is 0 Å². The second-order valence-electron chi connectivity index (χ2n) is 4.65. The van der Waals surface area contributed by atoms with Crippen molar-refractivity contribution in [3.05, 3.63) is 63.4 Å². The molecule has 18 heavy (non-hydrogen) atoms. The number of aromatic nitrogens is 1. The maximum Gasteiger partial charge on any atom is 0.0603 e. The van der Waals surface area contributed by atoms with Crippen molar-refractivity contribution in [1.29, 1.82) is 0 Å². The second-order valence-corrected chi connectivity index (χ2v) is 5.57. The number of nitrogens with zero attached hydrogens (tertiary/aromatic N) is 1. The maximum absolute atomic E-state index is 6.24. The normalized spacial score (nSPS) is 12.4. The Morgan fingerprint density at radius 3 is 2.50 bits per heavy atom. The molecule has 1 aromatic carbocycles. The number of benzene rings is 1. The van der Waals surface area contributed by atoms with Gasteiger partial charge < -0.3 is 5.73 Å². The fraction of sp³-hybridized carbons (Fsp3) is 0.267. The summed E-state index contributed by atoms with van der Waals surface area (Å²) in [5, 5.41) is 0. The van der Waals surface area contributed by atoms with Gasteiger partial charge in [0.1, 0.15) is 0 Å². The van der Waals surface area contributed by atoms with Crippen molar-refractivity contribution >= 4 is 15.9 Å². The van der Waals surface area contributed by atoms with Gasteiger partial charge in [0.15, 0.2) is 0 Å². The molecule has 0 aliphatic heterocycles. The molecule has 3 heteroatoms. The van der Waals surface area contributed by atoms with E-state index in [2.05, 4.69) is 46.0 Å². The Bertz CT molecular complexity index is 535. The summed E-state index contributed by atoms with van der Waals surface area (Å²) in [6.45, 7) is 4.11. The molecule has 0 radical (unpaired) electrons. The van der Waals surface area contributed by atoms with Crippen molar-refractivity contribution in [3.63, 3.8) is 0 Å². The Morgan fingerprint density at radius 1 is 1.22 bits per heavy atom. The summed E-state index contributed by atoms with van der Waals surface area (Å²) >= 11 is 3.43. The fourth-order valence-corrected chi connectivity index (χ4v) is 2.35. The summed E-state index contributed by atoms with van der Waals surface area (Å²) in [5.74, 6) is 0. The number of hydrogen-bond acceptors (Lipinski definition) is 2. The highest BCUT2D eigenvalue weighted by atomic mass is 79.9. The van der Waals surface area contributed by atoms with Crippen LogP contribution in [0.3, 0.4) is 0 Å². The Labute approximate surface area is 116 Å². The van der Waals surface area contributed by atoms with E-state index in [-0.39, 0.29) is 6.04 Å². The zero-order chi connectivity index (χ0) is 13.1. The lowest BCUT2D eigenvalue weighted by molar-refractivity contribution is 0.689. The van der Waals surface area contributed by atoms with Crippen LogP contribution in [0.15, 0.2) is 41.0 Å². The van der Waals surface area contributed by atoms with E-state index >= 15 is 0 Å². The Kier molecular flexibility index (Phi) is 4.15. The van der Waals surface area contributed by atoms with Crippen molar-refractivity contribution < 1.29 is 0 Å². The van der Waals surface area contributed by atoms with E-state index in [1.807, 2.05) is 25.3 Å². The Hall–Kier alpha value is -1.19. The number of halogens is 1. The van der Waals surface area contributed by atoms with E-state index in [0.717, 1.165) is 16.6 Å². The van der Waals surface area contributed by atoms with Crippen molar-refractivity contribution in [2.75, 3.05) is 0 Å². The average Bonchev–Trinajstić information content (AvgIpc) is 2.32. The standard InChI is InChI=1S/C15H17BrN2/c1-10-7-11(2)15(18-9-10)14(17)8-12-3-5-13(16)6-4-12/h3-7,9,14H,8,17H2,1-2H3. The van der Waals surface area contributed by atoms with Crippen molar-refractivity contribution in [1.82, 2.24) is 4.98 Å². The Balaban J connectivity index is 2.16. The summed E-state index contributed by atoms with van der Waals surface area (Å²) < 4.78 is 1.09. The summed E-state index contributed by atoms with van der Waals surface area (Å²) in [5.41, 5.74) is 10.8. The summed E-state index contributed by atoms with van der Waals surface area (Å²) in [6.07, 6.45) is 2.69. The van der Waals surface area contributed by atoms with E-state index in [1.165, 1.54) is 16.7 Å². The molecule has 0 saturated carbocycles. The molecule has 0 spiro atoms. The average molecular weight is 305 g/mol. The molecule has 0 fully saturated rings. The van der Waals surface area contributed by atoms with Gasteiger partial charge in [0.25, 0.3) is 0 Å². The number of hydrogen-bond donors (Lipinski definition) is 1. The van der Waals surface area contributed by atoms with Gasteiger partial charge in [-0.15, -0.1) is 0 Å². The smallest absolute Gasteiger partial charge is 0.0603 e. The van der Waals surface area contributed by atoms with E-state index in [0.29, 0.717) is 0 Å². The topological polar surface area (TPSA) is 38.9 Å². The maximum atomic E-state index is 6.24. The quantitative estimate of drug-likeness (QED) is 0.939. The molecule has 2 aromatic rings. The first kappa shape index (κ1) is 13.2. The first-order valence-electron chi connectivity index (χ1n) is 5.99. The lowest BCUT2D eigenvalue weighted by Crippen LogP contribution is -2.16. The minimum atomic E-state index is -0.0493. The van der Waals surface area contributed by atoms with Crippen LogP contribution < -0.4 is 5.73 Å². The van der Waals surface area contributed by atoms with E-state index in [9.17, 15) is 0 Å². The van der Waals surface area contributed by atoms with Crippen LogP contribution >= 0.6 is 15.9 Å². The van der Waals surface area contributed by atoms with Crippen molar-refractivity contribution in [3.8, 4) is 0 Å². The Morgan fingerprint density at radius 2 is 1.89 bits per heavy atom. The molecule has 1 aromatic heterocycles. The highest BCUT2D eigenvalue weighted by Crippen LogP contribution is 2.19. The molecule has 0 amide bonds. The van der Waals surface area contributed by atoms with E-state index in [4.69, 9.17) is 5.73 Å². The number of nitrogens with two attached hydrogens (primary N) is 1. The van der Waals surface area contributed by atoms with Gasteiger partial charge in [0.05, 0.1) is 11.7 Å². The first-order chi connectivity index (χ1) is 8.56. The van der Waals surface area contributed by atoms with Crippen molar-refractivity contribution in [2.45, 2.75) is 26.3 Å². The van der Waals surface area contributed by atoms with Gasteiger partial charge in [0, 0.05) is 10.7 Å². The van der Waals surface area contributed by atoms with Crippen LogP contribution in [0.5, 0.6) is 0 Å². The molecule has 2 rings (SSSR count). The predicted octanol–water partition coefficient (Wildman–Crippen LogP) is 3.70. The third-order valence-corrected chi connectivity index (χ3v) is 3.50. The van der Waals surface area contributed by atoms with Gasteiger partial charge in [0.2, 0.25) is 0 Å². The van der Waals surface area contributed by atoms with Gasteiger partial charge in [-0.1, -0.05) is 34.1 Å². The number of pyridine rings is 1. The van der Waals surface area contributed by atoms with Gasteiger partial charge >= 0.3 is 0 Å². The van der Waals surface area contributed by atoms with Crippen LogP contribution in [0.25, 0.3) is 0 Å². The zero-order valence-electron chi connectivity index (χ0n) is 10.7. The van der Waals surface area contributed by atoms with E-state index in [1.54, 1.807) is 0 Å². The largest absolute Gasteiger partial charge is 0.322 e. The van der Waals surface area contributed by atoms with Crippen LogP contribution in [-0.4, -0.2) is 4.98 Å². The fourth-order valence-electron chi connectivity index (χ4n) is 2.09. The molecule has 0 saturated heterocycles. The molecule has 0 aliphatic carbocycles. The summed E-state index contributed by atoms with van der Waals surface area (Å²) in [7, 11) is 0. The molecule has 1 unspecified atom stereocenters. The summed E-state index contributed by atoms with van der Waals surface area (Å²) in [6, 6.07) is 10.3. The summed E-state index contributed by atoms with van der Waals surface area (Å²) in [4.78, 5) is 4.46. The van der Waals surface area contributed by atoms with Crippen LogP contribution in [-0.2, 0) is 6.42 Å².